The number of likely N-dealkylation sites (tertiary alicyclic amines) is 1. The van der Waals surface area contributed by atoms with E-state index < -0.39 is 0 Å². The van der Waals surface area contributed by atoms with E-state index in [-0.39, 0.29) is 24.0 Å². The summed E-state index contributed by atoms with van der Waals surface area (Å²) in [4.78, 5) is 7.42. The largest absolute Gasteiger partial charge is 0.356 e. The lowest BCUT2D eigenvalue weighted by atomic mass is 9.96. The number of aliphatic imine (C=N–C) groups is 1. The summed E-state index contributed by atoms with van der Waals surface area (Å²) in [6.07, 6.45) is 10.3. The van der Waals surface area contributed by atoms with E-state index in [0.29, 0.717) is 12.6 Å². The van der Waals surface area contributed by atoms with Gasteiger partial charge in [0, 0.05) is 19.6 Å². The Hall–Kier alpha value is -0.900. The molecule has 0 unspecified atom stereocenters. The van der Waals surface area contributed by atoms with E-state index in [1.54, 1.807) is 0 Å². The molecule has 3 rings (SSSR count). The fraction of sp³-hybridized carbons (Fsp3) is 0.857. The Kier molecular flexibility index (Phi) is 10.7. The predicted octanol–water partition coefficient (Wildman–Crippen LogP) is 3.23. The highest BCUT2D eigenvalue weighted by Crippen LogP contribution is 2.17. The number of nitrogens with one attached hydrogen (secondary N) is 2. The number of aryl methyl sites for hydroxylation is 1. The Balaban J connectivity index is 0.00000300. The Morgan fingerprint density at radius 1 is 1.10 bits per heavy atom. The van der Waals surface area contributed by atoms with Crippen molar-refractivity contribution in [3.05, 3.63) is 11.6 Å². The lowest BCUT2D eigenvalue weighted by Crippen LogP contribution is -2.45. The summed E-state index contributed by atoms with van der Waals surface area (Å²) in [7, 11) is 2.00. The molecule has 1 aliphatic carbocycles. The predicted molar refractivity (Wildman–Crippen MR) is 130 cm³/mol. The first-order valence-electron chi connectivity index (χ1n) is 11.2. The first kappa shape index (κ1) is 24.4. The van der Waals surface area contributed by atoms with Gasteiger partial charge in [-0.2, -0.15) is 0 Å². The van der Waals surface area contributed by atoms with Crippen LogP contribution in [0.15, 0.2) is 4.99 Å². The topological polar surface area (TPSA) is 70.4 Å². The number of piperidine rings is 1. The zero-order valence-electron chi connectivity index (χ0n) is 18.5. The highest BCUT2D eigenvalue weighted by Gasteiger charge is 2.16. The second-order valence-corrected chi connectivity index (χ2v) is 8.67. The van der Waals surface area contributed by atoms with Gasteiger partial charge in [0.15, 0.2) is 11.8 Å². The summed E-state index contributed by atoms with van der Waals surface area (Å²) in [5.41, 5.74) is 0. The molecule has 0 amide bonds. The van der Waals surface area contributed by atoms with Gasteiger partial charge in [0.25, 0.3) is 0 Å². The molecule has 1 saturated carbocycles. The molecule has 0 radical (unpaired) electrons. The van der Waals surface area contributed by atoms with Crippen LogP contribution in [0, 0.1) is 12.8 Å². The molecule has 166 valence electrons. The molecule has 0 aromatic carbocycles. The van der Waals surface area contributed by atoms with Crippen LogP contribution in [-0.4, -0.2) is 57.8 Å². The molecule has 1 aromatic rings. The van der Waals surface area contributed by atoms with Crippen LogP contribution in [0.4, 0.5) is 0 Å². The van der Waals surface area contributed by atoms with Crippen molar-refractivity contribution >= 4 is 29.9 Å². The molecule has 0 spiro atoms. The third kappa shape index (κ3) is 8.03. The Morgan fingerprint density at radius 2 is 1.83 bits per heavy atom. The normalized spacial score (nSPS) is 19.8. The van der Waals surface area contributed by atoms with Crippen LogP contribution in [-0.2, 0) is 13.6 Å². The third-order valence-electron chi connectivity index (χ3n) is 6.33. The van der Waals surface area contributed by atoms with Crippen LogP contribution in [0.1, 0.15) is 69.9 Å². The lowest BCUT2D eigenvalue weighted by Gasteiger charge is -2.30. The number of guanidine groups is 1. The minimum atomic E-state index is 0. The first-order chi connectivity index (χ1) is 13.6. The van der Waals surface area contributed by atoms with Gasteiger partial charge in [-0.25, -0.2) is 4.99 Å². The molecular formula is C21H40IN7. The highest BCUT2D eigenvalue weighted by atomic mass is 127. The van der Waals surface area contributed by atoms with E-state index in [1.807, 2.05) is 18.5 Å². The van der Waals surface area contributed by atoms with Gasteiger partial charge in [-0.3, -0.25) is 0 Å². The minimum absolute atomic E-state index is 0. The van der Waals surface area contributed by atoms with Crippen LogP contribution in [0.25, 0.3) is 0 Å². The second kappa shape index (κ2) is 12.7. The lowest BCUT2D eigenvalue weighted by molar-refractivity contribution is 0.191. The van der Waals surface area contributed by atoms with E-state index in [1.165, 1.54) is 64.6 Å². The van der Waals surface area contributed by atoms with E-state index in [2.05, 4.69) is 32.7 Å². The van der Waals surface area contributed by atoms with Crippen LogP contribution < -0.4 is 10.6 Å². The van der Waals surface area contributed by atoms with Gasteiger partial charge in [-0.1, -0.05) is 26.2 Å². The van der Waals surface area contributed by atoms with Gasteiger partial charge in [-0.15, -0.1) is 34.2 Å². The summed E-state index contributed by atoms with van der Waals surface area (Å²) in [5, 5.41) is 15.6. The maximum absolute atomic E-state index is 4.81. The Bertz CT molecular complexity index is 617. The molecule has 2 aliphatic rings. The van der Waals surface area contributed by atoms with Gasteiger partial charge in [-0.05, 0) is 64.6 Å². The molecular weight excluding hydrogens is 477 g/mol. The van der Waals surface area contributed by atoms with E-state index in [9.17, 15) is 0 Å². The van der Waals surface area contributed by atoms with Crippen molar-refractivity contribution in [3.63, 3.8) is 0 Å². The Labute approximate surface area is 193 Å². The summed E-state index contributed by atoms with van der Waals surface area (Å²) < 4.78 is 2.01. The second-order valence-electron chi connectivity index (χ2n) is 8.67. The van der Waals surface area contributed by atoms with Crippen LogP contribution in [0.5, 0.6) is 0 Å². The number of hydrogen-bond acceptors (Lipinski definition) is 4. The molecule has 1 saturated heterocycles. The summed E-state index contributed by atoms with van der Waals surface area (Å²) in [6.45, 7) is 9.56. The third-order valence-corrected chi connectivity index (χ3v) is 6.33. The van der Waals surface area contributed by atoms with Crippen LogP contribution in [0.3, 0.4) is 0 Å². The fourth-order valence-corrected chi connectivity index (χ4v) is 4.13. The molecule has 0 bridgehead atoms. The number of rotatable bonds is 7. The maximum atomic E-state index is 4.81. The number of nitrogens with zero attached hydrogens (tertiary/aromatic N) is 5. The molecule has 2 heterocycles. The summed E-state index contributed by atoms with van der Waals surface area (Å²) in [5.74, 6) is 3.66. The maximum Gasteiger partial charge on any atom is 0.191 e. The van der Waals surface area contributed by atoms with E-state index in [0.717, 1.165) is 36.5 Å². The van der Waals surface area contributed by atoms with Gasteiger partial charge in [0.1, 0.15) is 12.4 Å². The molecule has 7 nitrogen and oxygen atoms in total. The number of halogens is 1. The SMILES string of the molecule is Cc1nnc(CN=C(NCCCN2CCC(C)CC2)NC2CCCCC2)n1C.I. The number of hydrogen-bond donors (Lipinski definition) is 2. The van der Waals surface area contributed by atoms with Crippen molar-refractivity contribution in [2.45, 2.75) is 77.8 Å². The molecule has 0 atom stereocenters. The van der Waals surface area contributed by atoms with Crippen LogP contribution in [0.2, 0.25) is 0 Å². The minimum Gasteiger partial charge on any atom is -0.356 e. The van der Waals surface area contributed by atoms with Gasteiger partial charge < -0.3 is 20.1 Å². The Morgan fingerprint density at radius 3 is 2.48 bits per heavy atom. The smallest absolute Gasteiger partial charge is 0.191 e. The average molecular weight is 518 g/mol. The zero-order valence-corrected chi connectivity index (χ0v) is 20.8. The zero-order chi connectivity index (χ0) is 19.8. The molecule has 1 aromatic heterocycles. The summed E-state index contributed by atoms with van der Waals surface area (Å²) >= 11 is 0. The van der Waals surface area contributed by atoms with Gasteiger partial charge in [0.2, 0.25) is 0 Å². The molecule has 2 N–H and O–H groups in total. The first-order valence-corrected chi connectivity index (χ1v) is 11.2. The van der Waals surface area contributed by atoms with E-state index in [4.69, 9.17) is 4.99 Å². The summed E-state index contributed by atoms with van der Waals surface area (Å²) in [6, 6.07) is 0.546. The highest BCUT2D eigenvalue weighted by molar-refractivity contribution is 14.0. The van der Waals surface area contributed by atoms with Crippen molar-refractivity contribution in [2.24, 2.45) is 18.0 Å². The van der Waals surface area contributed by atoms with Crippen molar-refractivity contribution in [1.29, 1.82) is 0 Å². The van der Waals surface area contributed by atoms with Crippen molar-refractivity contribution in [3.8, 4) is 0 Å². The average Bonchev–Trinajstić information content (AvgIpc) is 3.03. The van der Waals surface area contributed by atoms with Gasteiger partial charge >= 0.3 is 0 Å². The number of aromatic nitrogens is 3. The molecule has 2 fully saturated rings. The van der Waals surface area contributed by atoms with Crippen molar-refractivity contribution in [1.82, 2.24) is 30.3 Å². The molecule has 8 heteroatoms. The van der Waals surface area contributed by atoms with E-state index >= 15 is 0 Å². The van der Waals surface area contributed by atoms with Gasteiger partial charge in [0.05, 0.1) is 0 Å². The molecule has 1 aliphatic heterocycles. The monoisotopic (exact) mass is 517 g/mol. The van der Waals surface area contributed by atoms with Crippen molar-refractivity contribution in [2.75, 3.05) is 26.2 Å². The quantitative estimate of drug-likeness (QED) is 0.252. The standard InChI is InChI=1S/C21H39N7.HI/c1-17-10-14-28(15-11-17)13-7-12-22-21(24-19-8-5-4-6-9-19)23-16-20-26-25-18(2)27(20)3;/h17,19H,4-16H2,1-3H3,(H2,22,23,24);1H. The fourth-order valence-electron chi connectivity index (χ4n) is 4.13. The molecule has 29 heavy (non-hydrogen) atoms. The van der Waals surface area contributed by atoms with Crippen LogP contribution >= 0.6 is 24.0 Å². The van der Waals surface area contributed by atoms with Crippen molar-refractivity contribution < 1.29 is 0 Å².